The highest BCUT2D eigenvalue weighted by molar-refractivity contribution is 5.08. The molecule has 0 saturated carbocycles. The molecule has 0 saturated heterocycles. The van der Waals surface area contributed by atoms with E-state index in [-0.39, 0.29) is 0 Å². The molecule has 0 bridgehead atoms. The van der Waals surface area contributed by atoms with Crippen molar-refractivity contribution < 1.29 is 0 Å². The highest BCUT2D eigenvalue weighted by atomic mass is 15.1. The Kier molecular flexibility index (Phi) is 1.48. The number of nitrogens with zero attached hydrogens (tertiary/aromatic N) is 2. The lowest BCUT2D eigenvalue weighted by atomic mass is 10.0. The van der Waals surface area contributed by atoms with E-state index in [0.717, 1.165) is 0 Å². The molecule has 2 heterocycles. The van der Waals surface area contributed by atoms with E-state index in [1.807, 2.05) is 6.20 Å². The number of hydrogen-bond donors (Lipinski definition) is 0. The van der Waals surface area contributed by atoms with Gasteiger partial charge in [0.2, 0.25) is 0 Å². The lowest BCUT2D eigenvalue weighted by Crippen LogP contribution is -2.15. The van der Waals surface area contributed by atoms with Crippen molar-refractivity contribution in [3.63, 3.8) is 0 Å². The smallest absolute Gasteiger partial charge is 0.105 e. The van der Waals surface area contributed by atoms with Gasteiger partial charge in [0.25, 0.3) is 0 Å². The van der Waals surface area contributed by atoms with E-state index in [2.05, 4.69) is 23.4 Å². The molecule has 0 spiro atoms. The predicted molar refractivity (Wildman–Crippen MR) is 44.6 cm³/mol. The SMILES string of the molecule is Cc1ncc2n1C(C)CCC2. The second kappa shape index (κ2) is 2.36. The van der Waals surface area contributed by atoms with Crippen molar-refractivity contribution in [2.45, 2.75) is 39.2 Å². The molecule has 0 fully saturated rings. The first-order chi connectivity index (χ1) is 5.29. The van der Waals surface area contributed by atoms with Crippen molar-refractivity contribution in [2.24, 2.45) is 0 Å². The minimum atomic E-state index is 0.668. The van der Waals surface area contributed by atoms with Gasteiger partial charge in [0, 0.05) is 17.9 Å². The van der Waals surface area contributed by atoms with E-state index in [4.69, 9.17) is 0 Å². The van der Waals surface area contributed by atoms with Crippen LogP contribution in [0.4, 0.5) is 0 Å². The molecule has 11 heavy (non-hydrogen) atoms. The minimum absolute atomic E-state index is 0.668. The molecule has 1 aliphatic heterocycles. The number of fused-ring (bicyclic) bond motifs is 1. The van der Waals surface area contributed by atoms with Crippen LogP contribution in [-0.2, 0) is 6.42 Å². The third kappa shape index (κ3) is 0.971. The largest absolute Gasteiger partial charge is 0.330 e. The maximum atomic E-state index is 4.31. The monoisotopic (exact) mass is 150 g/mol. The molecule has 2 nitrogen and oxygen atoms in total. The zero-order valence-corrected chi connectivity index (χ0v) is 7.17. The Morgan fingerprint density at radius 2 is 2.45 bits per heavy atom. The summed E-state index contributed by atoms with van der Waals surface area (Å²) in [5.41, 5.74) is 1.42. The van der Waals surface area contributed by atoms with Gasteiger partial charge in [-0.2, -0.15) is 0 Å². The highest BCUT2D eigenvalue weighted by Gasteiger charge is 2.16. The van der Waals surface area contributed by atoms with Crippen LogP contribution in [0.15, 0.2) is 6.20 Å². The summed E-state index contributed by atoms with van der Waals surface area (Å²) < 4.78 is 2.36. The predicted octanol–water partition coefficient (Wildman–Crippen LogP) is 2.09. The first-order valence-corrected chi connectivity index (χ1v) is 4.32. The number of hydrogen-bond acceptors (Lipinski definition) is 1. The Bertz CT molecular complexity index is 263. The fourth-order valence-electron chi connectivity index (χ4n) is 1.99. The minimum Gasteiger partial charge on any atom is -0.330 e. The summed E-state index contributed by atoms with van der Waals surface area (Å²) in [6.45, 7) is 4.36. The van der Waals surface area contributed by atoms with E-state index in [1.165, 1.54) is 30.8 Å². The molecule has 1 aromatic heterocycles. The average molecular weight is 150 g/mol. The van der Waals surface area contributed by atoms with Crippen LogP contribution in [0.1, 0.15) is 37.3 Å². The molecular weight excluding hydrogens is 136 g/mol. The quantitative estimate of drug-likeness (QED) is 0.553. The zero-order valence-electron chi connectivity index (χ0n) is 7.17. The maximum Gasteiger partial charge on any atom is 0.105 e. The van der Waals surface area contributed by atoms with Crippen LogP contribution in [0.2, 0.25) is 0 Å². The molecule has 1 aromatic rings. The lowest BCUT2D eigenvalue weighted by molar-refractivity contribution is 0.424. The van der Waals surface area contributed by atoms with Crippen molar-refractivity contribution >= 4 is 0 Å². The first-order valence-electron chi connectivity index (χ1n) is 4.32. The van der Waals surface area contributed by atoms with E-state index in [1.54, 1.807) is 0 Å². The molecule has 2 heteroatoms. The third-order valence-corrected chi connectivity index (χ3v) is 2.55. The summed E-state index contributed by atoms with van der Waals surface area (Å²) in [5.74, 6) is 1.17. The van der Waals surface area contributed by atoms with Gasteiger partial charge in [0.05, 0.1) is 0 Å². The van der Waals surface area contributed by atoms with Crippen LogP contribution >= 0.6 is 0 Å². The van der Waals surface area contributed by atoms with Crippen LogP contribution in [0.3, 0.4) is 0 Å². The van der Waals surface area contributed by atoms with Crippen molar-refractivity contribution in [1.82, 2.24) is 9.55 Å². The second-order valence-corrected chi connectivity index (χ2v) is 3.41. The summed E-state index contributed by atoms with van der Waals surface area (Å²) in [4.78, 5) is 4.31. The van der Waals surface area contributed by atoms with Crippen molar-refractivity contribution in [3.8, 4) is 0 Å². The van der Waals surface area contributed by atoms with E-state index < -0.39 is 0 Å². The summed E-state index contributed by atoms with van der Waals surface area (Å²) in [5, 5.41) is 0. The summed E-state index contributed by atoms with van der Waals surface area (Å²) in [7, 11) is 0. The number of rotatable bonds is 0. The van der Waals surface area contributed by atoms with Gasteiger partial charge in [-0.05, 0) is 33.1 Å². The molecule has 0 aliphatic carbocycles. The van der Waals surface area contributed by atoms with E-state index >= 15 is 0 Å². The van der Waals surface area contributed by atoms with Crippen LogP contribution < -0.4 is 0 Å². The molecule has 0 N–H and O–H groups in total. The molecule has 1 atom stereocenters. The van der Waals surface area contributed by atoms with Gasteiger partial charge in [-0.1, -0.05) is 0 Å². The average Bonchev–Trinajstić information content (AvgIpc) is 2.34. The Morgan fingerprint density at radius 3 is 3.18 bits per heavy atom. The number of aryl methyl sites for hydroxylation is 2. The molecule has 0 radical (unpaired) electrons. The first kappa shape index (κ1) is 6.89. The van der Waals surface area contributed by atoms with Crippen LogP contribution in [0.5, 0.6) is 0 Å². The maximum absolute atomic E-state index is 4.31. The summed E-state index contributed by atoms with van der Waals surface area (Å²) in [6.07, 6.45) is 5.87. The Hall–Kier alpha value is -0.790. The van der Waals surface area contributed by atoms with Crippen LogP contribution in [0, 0.1) is 6.92 Å². The molecule has 1 unspecified atom stereocenters. The lowest BCUT2D eigenvalue weighted by Gasteiger charge is -2.22. The van der Waals surface area contributed by atoms with Gasteiger partial charge in [-0.3, -0.25) is 0 Å². The molecule has 2 rings (SSSR count). The highest BCUT2D eigenvalue weighted by Crippen LogP contribution is 2.25. The van der Waals surface area contributed by atoms with Gasteiger partial charge in [-0.25, -0.2) is 4.98 Å². The molecule has 1 aliphatic rings. The fourth-order valence-corrected chi connectivity index (χ4v) is 1.99. The number of aromatic nitrogens is 2. The Labute approximate surface area is 67.3 Å². The van der Waals surface area contributed by atoms with Crippen molar-refractivity contribution in [2.75, 3.05) is 0 Å². The number of imidazole rings is 1. The summed E-state index contributed by atoms with van der Waals surface area (Å²) >= 11 is 0. The van der Waals surface area contributed by atoms with Gasteiger partial charge in [0.1, 0.15) is 5.82 Å². The van der Waals surface area contributed by atoms with Crippen molar-refractivity contribution in [1.29, 1.82) is 0 Å². The van der Waals surface area contributed by atoms with E-state index in [9.17, 15) is 0 Å². The van der Waals surface area contributed by atoms with Gasteiger partial charge >= 0.3 is 0 Å². The third-order valence-electron chi connectivity index (χ3n) is 2.55. The van der Waals surface area contributed by atoms with Crippen LogP contribution in [-0.4, -0.2) is 9.55 Å². The molecule has 60 valence electrons. The molecule has 0 amide bonds. The Morgan fingerprint density at radius 1 is 1.64 bits per heavy atom. The van der Waals surface area contributed by atoms with E-state index in [0.29, 0.717) is 6.04 Å². The fraction of sp³-hybridized carbons (Fsp3) is 0.667. The summed E-state index contributed by atoms with van der Waals surface area (Å²) in [6, 6.07) is 0.668. The van der Waals surface area contributed by atoms with Gasteiger partial charge in [-0.15, -0.1) is 0 Å². The molecule has 0 aromatic carbocycles. The van der Waals surface area contributed by atoms with Gasteiger partial charge < -0.3 is 4.57 Å². The van der Waals surface area contributed by atoms with Crippen molar-refractivity contribution in [3.05, 3.63) is 17.7 Å². The van der Waals surface area contributed by atoms with Gasteiger partial charge in [0.15, 0.2) is 0 Å². The van der Waals surface area contributed by atoms with Crippen LogP contribution in [0.25, 0.3) is 0 Å². The second-order valence-electron chi connectivity index (χ2n) is 3.41. The standard InChI is InChI=1S/C9H14N2/c1-7-4-3-5-9-6-10-8(2)11(7)9/h6-7H,3-5H2,1-2H3. The zero-order chi connectivity index (χ0) is 7.84. The Balaban J connectivity index is 2.48. The normalized spacial score (nSPS) is 23.3. The molecular formula is C9H14N2. The topological polar surface area (TPSA) is 17.8 Å².